The molecule has 0 bridgehead atoms. The fraction of sp³-hybridized carbons (Fsp3) is 0.125. The Hall–Kier alpha value is -0.780. The molecule has 0 spiro atoms. The third kappa shape index (κ3) is 1.63. The summed E-state index contributed by atoms with van der Waals surface area (Å²) in [4.78, 5) is 5.43. The number of hydrogen-bond donors (Lipinski definition) is 2. The molecule has 0 saturated heterocycles. The summed E-state index contributed by atoms with van der Waals surface area (Å²) in [7, 11) is 1.87. The summed E-state index contributed by atoms with van der Waals surface area (Å²) in [5, 5.41) is 9.43. The largest absolute Gasteiger partial charge is 0.365 e. The summed E-state index contributed by atoms with van der Waals surface area (Å²) in [5.74, 6) is 0. The van der Waals surface area contributed by atoms with Crippen LogP contribution in [0.5, 0.6) is 0 Å². The van der Waals surface area contributed by atoms with Crippen LogP contribution in [0.25, 0.3) is 10.2 Å². The summed E-state index contributed by atoms with van der Waals surface area (Å²) in [5.41, 5.74) is 1.02. The van der Waals surface area contributed by atoms with E-state index in [2.05, 4.69) is 16.4 Å². The molecule has 0 aliphatic rings. The van der Waals surface area contributed by atoms with Gasteiger partial charge >= 0.3 is 0 Å². The Balaban J connectivity index is 2.57. The quantitative estimate of drug-likeness (QED) is 0.748. The molecular weight excluding hydrogens is 202 g/mol. The van der Waals surface area contributed by atoms with Crippen LogP contribution in [0.3, 0.4) is 0 Å². The number of nitrogens with one attached hydrogen (secondary N) is 1. The van der Waals surface area contributed by atoms with Gasteiger partial charge in [0.15, 0.2) is 5.13 Å². The van der Waals surface area contributed by atoms with Crippen molar-refractivity contribution in [1.29, 1.82) is 0 Å². The number of fused-ring (bicyclic) bond motifs is 1. The minimum absolute atomic E-state index is 0.939. The molecule has 0 aliphatic carbocycles. The molecule has 13 heavy (non-hydrogen) atoms. The average Bonchev–Trinajstić information content (AvgIpc) is 2.58. The standard InChI is InChI=1S/C8H9N3S2/c1-10-8-11-6-3-2-5(13-9)4-7(6)12-8/h2-4H,9H2,1H3,(H,10,11). The van der Waals surface area contributed by atoms with E-state index in [0.717, 1.165) is 15.5 Å². The lowest BCUT2D eigenvalue weighted by molar-refractivity contribution is 1.40. The Morgan fingerprint density at radius 2 is 2.38 bits per heavy atom. The van der Waals surface area contributed by atoms with Crippen molar-refractivity contribution in [3.63, 3.8) is 0 Å². The van der Waals surface area contributed by atoms with E-state index >= 15 is 0 Å². The third-order valence-corrected chi connectivity index (χ3v) is 3.27. The minimum atomic E-state index is 0.939. The fourth-order valence-electron chi connectivity index (χ4n) is 1.09. The molecule has 0 atom stereocenters. The van der Waals surface area contributed by atoms with Crippen LogP contribution in [0.15, 0.2) is 23.1 Å². The number of thiazole rings is 1. The normalized spacial score (nSPS) is 10.6. The third-order valence-electron chi connectivity index (χ3n) is 1.71. The second-order valence-corrected chi connectivity index (χ2v) is 4.25. The summed E-state index contributed by atoms with van der Waals surface area (Å²) in [6.07, 6.45) is 0. The molecule has 3 N–H and O–H groups in total. The van der Waals surface area contributed by atoms with Gasteiger partial charge in [-0.15, -0.1) is 0 Å². The van der Waals surface area contributed by atoms with E-state index in [1.807, 2.05) is 19.2 Å². The van der Waals surface area contributed by atoms with Gasteiger partial charge in [-0.3, -0.25) is 5.14 Å². The van der Waals surface area contributed by atoms with Gasteiger partial charge in [-0.25, -0.2) is 4.98 Å². The van der Waals surface area contributed by atoms with E-state index in [-0.39, 0.29) is 0 Å². The zero-order valence-electron chi connectivity index (χ0n) is 7.07. The van der Waals surface area contributed by atoms with Crippen molar-refractivity contribution >= 4 is 38.6 Å². The molecule has 0 unspecified atom stereocenters. The molecule has 0 amide bonds. The van der Waals surface area contributed by atoms with E-state index in [1.54, 1.807) is 11.3 Å². The molecule has 0 radical (unpaired) electrons. The van der Waals surface area contributed by atoms with Crippen LogP contribution < -0.4 is 10.5 Å². The SMILES string of the molecule is CNc1nc2ccc(SN)cc2s1. The molecule has 0 saturated carbocycles. The summed E-state index contributed by atoms with van der Waals surface area (Å²) < 4.78 is 1.17. The topological polar surface area (TPSA) is 50.9 Å². The van der Waals surface area contributed by atoms with Gasteiger partial charge in [0.2, 0.25) is 0 Å². The number of nitrogens with zero attached hydrogens (tertiary/aromatic N) is 1. The fourth-order valence-corrected chi connectivity index (χ4v) is 2.35. The second-order valence-electron chi connectivity index (χ2n) is 2.52. The van der Waals surface area contributed by atoms with Crippen molar-refractivity contribution in [1.82, 2.24) is 4.98 Å². The first kappa shape index (κ1) is 8.80. The highest BCUT2D eigenvalue weighted by molar-refractivity contribution is 7.97. The van der Waals surface area contributed by atoms with E-state index in [0.29, 0.717) is 0 Å². The maximum absolute atomic E-state index is 5.47. The summed E-state index contributed by atoms with van der Waals surface area (Å²) in [6, 6.07) is 6.02. The van der Waals surface area contributed by atoms with Gasteiger partial charge in [0.25, 0.3) is 0 Å². The Labute approximate surface area is 84.5 Å². The Bertz CT molecular complexity index is 422. The Morgan fingerprint density at radius 3 is 3.08 bits per heavy atom. The first-order valence-electron chi connectivity index (χ1n) is 3.78. The molecular formula is C8H9N3S2. The number of anilines is 1. The molecule has 0 aliphatic heterocycles. The number of hydrogen-bond acceptors (Lipinski definition) is 5. The number of benzene rings is 1. The first-order valence-corrected chi connectivity index (χ1v) is 5.48. The van der Waals surface area contributed by atoms with Crippen molar-refractivity contribution in [2.75, 3.05) is 12.4 Å². The lowest BCUT2D eigenvalue weighted by Gasteiger charge is -1.92. The molecule has 2 aromatic rings. The average molecular weight is 211 g/mol. The molecule has 1 heterocycles. The minimum Gasteiger partial charge on any atom is -0.365 e. The summed E-state index contributed by atoms with van der Waals surface area (Å²) >= 11 is 2.89. The van der Waals surface area contributed by atoms with Crippen LogP contribution >= 0.6 is 23.3 Å². The van der Waals surface area contributed by atoms with Crippen molar-refractivity contribution in [3.8, 4) is 0 Å². The van der Waals surface area contributed by atoms with Gasteiger partial charge in [0, 0.05) is 11.9 Å². The van der Waals surface area contributed by atoms with E-state index in [1.165, 1.54) is 16.6 Å². The molecule has 0 fully saturated rings. The predicted octanol–water partition coefficient (Wildman–Crippen LogP) is 2.30. The van der Waals surface area contributed by atoms with Crippen LogP contribution in [0.4, 0.5) is 5.13 Å². The van der Waals surface area contributed by atoms with Crippen molar-refractivity contribution in [2.45, 2.75) is 4.90 Å². The highest BCUT2D eigenvalue weighted by Crippen LogP contribution is 2.28. The van der Waals surface area contributed by atoms with E-state index < -0.39 is 0 Å². The van der Waals surface area contributed by atoms with Gasteiger partial charge in [-0.2, -0.15) is 0 Å². The Morgan fingerprint density at radius 1 is 1.54 bits per heavy atom. The van der Waals surface area contributed by atoms with Gasteiger partial charge < -0.3 is 5.32 Å². The molecule has 1 aromatic heterocycles. The highest BCUT2D eigenvalue weighted by atomic mass is 32.2. The lowest BCUT2D eigenvalue weighted by Crippen LogP contribution is -1.83. The molecule has 5 heteroatoms. The smallest absolute Gasteiger partial charge is 0.183 e. The van der Waals surface area contributed by atoms with E-state index in [9.17, 15) is 0 Å². The van der Waals surface area contributed by atoms with Crippen LogP contribution in [-0.2, 0) is 0 Å². The molecule has 3 nitrogen and oxygen atoms in total. The van der Waals surface area contributed by atoms with Crippen molar-refractivity contribution in [3.05, 3.63) is 18.2 Å². The second kappa shape index (κ2) is 3.53. The maximum atomic E-state index is 5.47. The summed E-state index contributed by atoms with van der Waals surface area (Å²) in [6.45, 7) is 0. The number of rotatable bonds is 2. The van der Waals surface area contributed by atoms with Crippen LogP contribution in [0.1, 0.15) is 0 Å². The molecule has 1 aromatic carbocycles. The van der Waals surface area contributed by atoms with Crippen LogP contribution in [0.2, 0.25) is 0 Å². The van der Waals surface area contributed by atoms with Gasteiger partial charge in [-0.05, 0) is 30.1 Å². The van der Waals surface area contributed by atoms with E-state index in [4.69, 9.17) is 5.14 Å². The lowest BCUT2D eigenvalue weighted by atomic mass is 10.3. The van der Waals surface area contributed by atoms with Crippen LogP contribution in [0, 0.1) is 0 Å². The zero-order chi connectivity index (χ0) is 9.26. The molecule has 68 valence electrons. The van der Waals surface area contributed by atoms with Gasteiger partial charge in [-0.1, -0.05) is 11.3 Å². The maximum Gasteiger partial charge on any atom is 0.183 e. The van der Waals surface area contributed by atoms with Crippen molar-refractivity contribution in [2.24, 2.45) is 5.14 Å². The number of nitrogens with two attached hydrogens (primary N) is 1. The zero-order valence-corrected chi connectivity index (χ0v) is 8.71. The first-order chi connectivity index (χ1) is 6.33. The number of aromatic nitrogens is 1. The van der Waals surface area contributed by atoms with Crippen molar-refractivity contribution < 1.29 is 0 Å². The Kier molecular flexibility index (Phi) is 2.39. The van der Waals surface area contributed by atoms with Crippen LogP contribution in [-0.4, -0.2) is 12.0 Å². The monoisotopic (exact) mass is 211 g/mol. The van der Waals surface area contributed by atoms with Gasteiger partial charge in [0.1, 0.15) is 0 Å². The molecule has 2 rings (SSSR count). The van der Waals surface area contributed by atoms with Gasteiger partial charge in [0.05, 0.1) is 10.2 Å². The predicted molar refractivity (Wildman–Crippen MR) is 59.2 cm³/mol. The highest BCUT2D eigenvalue weighted by Gasteiger charge is 2.02.